The summed E-state index contributed by atoms with van der Waals surface area (Å²) in [5.41, 5.74) is 4.55. The molecule has 7 heteroatoms. The normalized spacial score (nSPS) is 16.5. The fraction of sp³-hybridized carbons (Fsp3) is 0.381. The Balaban J connectivity index is 1.88. The average molecular weight is 384 g/mol. The number of rotatable bonds is 2. The van der Waals surface area contributed by atoms with Gasteiger partial charge in [-0.25, -0.2) is 13.8 Å². The number of hydrogen-bond acceptors (Lipinski definition) is 3. The lowest BCUT2D eigenvalue weighted by atomic mass is 9.98. The second-order valence-corrected chi connectivity index (χ2v) is 7.55. The van der Waals surface area contributed by atoms with E-state index in [1.165, 1.54) is 4.90 Å². The number of piperidine rings is 1. The van der Waals surface area contributed by atoms with E-state index < -0.39 is 12.5 Å². The maximum Gasteiger partial charge on any atom is 0.265 e. The molecule has 1 fully saturated rings. The van der Waals surface area contributed by atoms with Crippen LogP contribution < -0.4 is 0 Å². The van der Waals surface area contributed by atoms with E-state index in [0.29, 0.717) is 35.1 Å². The summed E-state index contributed by atoms with van der Waals surface area (Å²) in [5.74, 6) is -3.21. The van der Waals surface area contributed by atoms with Crippen LogP contribution in [0.2, 0.25) is 0 Å². The number of carbonyl (C=O) groups excluding carboxylic acids is 1. The van der Waals surface area contributed by atoms with E-state index in [2.05, 4.69) is 5.10 Å². The van der Waals surface area contributed by atoms with E-state index in [1.54, 1.807) is 16.9 Å². The molecule has 4 rings (SSSR count). The number of amides is 1. The minimum Gasteiger partial charge on any atom is -0.333 e. The SMILES string of the molecule is Cc1ccc2c(C(=O)N3CCCC(F)(F)C3)cc(-c3cnn(C)c3)nc2c1C. The molecule has 1 saturated heterocycles. The molecule has 3 aromatic rings. The zero-order chi connectivity index (χ0) is 20.1. The van der Waals surface area contributed by atoms with Crippen molar-refractivity contribution in [3.8, 4) is 11.3 Å². The van der Waals surface area contributed by atoms with E-state index in [9.17, 15) is 13.6 Å². The number of benzene rings is 1. The number of aryl methyl sites for hydroxylation is 3. The van der Waals surface area contributed by atoms with Crippen LogP contribution in [0.5, 0.6) is 0 Å². The first-order chi connectivity index (χ1) is 13.2. The van der Waals surface area contributed by atoms with Crippen LogP contribution in [0, 0.1) is 13.8 Å². The molecule has 1 aromatic carbocycles. The molecule has 3 heterocycles. The molecule has 0 radical (unpaired) electrons. The average Bonchev–Trinajstić information content (AvgIpc) is 3.09. The van der Waals surface area contributed by atoms with E-state index in [4.69, 9.17) is 4.98 Å². The monoisotopic (exact) mass is 384 g/mol. The maximum atomic E-state index is 13.9. The number of pyridine rings is 1. The van der Waals surface area contributed by atoms with Crippen LogP contribution in [0.3, 0.4) is 0 Å². The number of aromatic nitrogens is 3. The van der Waals surface area contributed by atoms with Gasteiger partial charge in [-0.15, -0.1) is 0 Å². The highest BCUT2D eigenvalue weighted by Crippen LogP contribution is 2.31. The van der Waals surface area contributed by atoms with Gasteiger partial charge in [0.15, 0.2) is 0 Å². The summed E-state index contributed by atoms with van der Waals surface area (Å²) in [6.07, 6.45) is 3.63. The van der Waals surface area contributed by atoms with Crippen LogP contribution in [0.25, 0.3) is 22.2 Å². The first kappa shape index (κ1) is 18.5. The molecule has 28 heavy (non-hydrogen) atoms. The summed E-state index contributed by atoms with van der Waals surface area (Å²) in [7, 11) is 1.81. The lowest BCUT2D eigenvalue weighted by Gasteiger charge is -2.32. The zero-order valence-electron chi connectivity index (χ0n) is 16.2. The highest BCUT2D eigenvalue weighted by Gasteiger charge is 2.37. The molecule has 5 nitrogen and oxygen atoms in total. The minimum atomic E-state index is -2.84. The summed E-state index contributed by atoms with van der Waals surface area (Å²) in [5, 5.41) is 4.87. The topological polar surface area (TPSA) is 51.0 Å². The first-order valence-electron chi connectivity index (χ1n) is 9.32. The number of hydrogen-bond donors (Lipinski definition) is 0. The molecular weight excluding hydrogens is 362 g/mol. The number of fused-ring (bicyclic) bond motifs is 1. The fourth-order valence-corrected chi connectivity index (χ4v) is 3.72. The van der Waals surface area contributed by atoms with Gasteiger partial charge in [-0.3, -0.25) is 9.48 Å². The van der Waals surface area contributed by atoms with Crippen molar-refractivity contribution in [3.63, 3.8) is 0 Å². The van der Waals surface area contributed by atoms with Crippen molar-refractivity contribution in [2.24, 2.45) is 7.05 Å². The van der Waals surface area contributed by atoms with Gasteiger partial charge in [0.25, 0.3) is 11.8 Å². The number of alkyl halides is 2. The van der Waals surface area contributed by atoms with Crippen molar-refractivity contribution in [2.75, 3.05) is 13.1 Å². The van der Waals surface area contributed by atoms with E-state index in [1.807, 2.05) is 39.2 Å². The predicted molar refractivity (Wildman–Crippen MR) is 104 cm³/mol. The highest BCUT2D eigenvalue weighted by molar-refractivity contribution is 6.08. The molecule has 1 aliphatic rings. The number of likely N-dealkylation sites (tertiary alicyclic amines) is 1. The van der Waals surface area contributed by atoms with Gasteiger partial charge in [0, 0.05) is 37.2 Å². The molecule has 0 atom stereocenters. The van der Waals surface area contributed by atoms with Crippen LogP contribution in [0.4, 0.5) is 8.78 Å². The van der Waals surface area contributed by atoms with E-state index in [0.717, 1.165) is 16.7 Å². The Morgan fingerprint density at radius 2 is 2.04 bits per heavy atom. The van der Waals surface area contributed by atoms with Gasteiger partial charge >= 0.3 is 0 Å². The van der Waals surface area contributed by atoms with Crippen LogP contribution in [-0.2, 0) is 7.05 Å². The largest absolute Gasteiger partial charge is 0.333 e. The van der Waals surface area contributed by atoms with Crippen LogP contribution in [-0.4, -0.2) is 44.6 Å². The third-order valence-corrected chi connectivity index (χ3v) is 5.42. The molecule has 0 spiro atoms. The van der Waals surface area contributed by atoms with Crippen molar-refractivity contribution in [2.45, 2.75) is 32.6 Å². The molecule has 1 amide bonds. The summed E-state index contributed by atoms with van der Waals surface area (Å²) in [6.45, 7) is 3.74. The van der Waals surface area contributed by atoms with Gasteiger partial charge in [0.2, 0.25) is 0 Å². The van der Waals surface area contributed by atoms with Crippen molar-refractivity contribution in [1.29, 1.82) is 0 Å². The van der Waals surface area contributed by atoms with Gasteiger partial charge in [-0.1, -0.05) is 12.1 Å². The first-order valence-corrected chi connectivity index (χ1v) is 9.32. The molecule has 0 N–H and O–H groups in total. The Morgan fingerprint density at radius 1 is 1.25 bits per heavy atom. The Bertz CT molecular complexity index is 1070. The third-order valence-electron chi connectivity index (χ3n) is 5.42. The van der Waals surface area contributed by atoms with Crippen molar-refractivity contribution in [3.05, 3.63) is 47.3 Å². The molecule has 0 aliphatic carbocycles. The standard InChI is InChI=1S/C21H22F2N4O/c1-13-5-6-16-17(20(28)27-8-4-7-21(22,23)12-27)9-18(25-19(16)14(13)2)15-10-24-26(3)11-15/h5-6,9-11H,4,7-8,12H2,1-3H3. The lowest BCUT2D eigenvalue weighted by Crippen LogP contribution is -2.45. The Hall–Kier alpha value is -2.83. The minimum absolute atomic E-state index is 0.174. The highest BCUT2D eigenvalue weighted by atomic mass is 19.3. The molecule has 0 unspecified atom stereocenters. The quantitative estimate of drug-likeness (QED) is 0.668. The van der Waals surface area contributed by atoms with E-state index >= 15 is 0 Å². The van der Waals surface area contributed by atoms with Crippen molar-refractivity contribution >= 4 is 16.8 Å². The van der Waals surface area contributed by atoms with Gasteiger partial charge in [-0.2, -0.15) is 5.10 Å². The van der Waals surface area contributed by atoms with Gasteiger partial charge in [0.05, 0.1) is 29.5 Å². The fourth-order valence-electron chi connectivity index (χ4n) is 3.72. The smallest absolute Gasteiger partial charge is 0.265 e. The van der Waals surface area contributed by atoms with Crippen LogP contribution in [0.15, 0.2) is 30.6 Å². The molecule has 146 valence electrons. The number of carbonyl (C=O) groups is 1. The summed E-state index contributed by atoms with van der Waals surface area (Å²) < 4.78 is 29.4. The summed E-state index contributed by atoms with van der Waals surface area (Å²) >= 11 is 0. The summed E-state index contributed by atoms with van der Waals surface area (Å²) in [4.78, 5) is 19.3. The predicted octanol–water partition coefficient (Wildman–Crippen LogP) is 4.12. The molecule has 0 saturated carbocycles. The van der Waals surface area contributed by atoms with Gasteiger partial charge in [-0.05, 0) is 37.5 Å². The molecule has 2 aromatic heterocycles. The number of nitrogens with zero attached hydrogens (tertiary/aromatic N) is 4. The van der Waals surface area contributed by atoms with Crippen molar-refractivity contribution < 1.29 is 13.6 Å². The molecule has 1 aliphatic heterocycles. The molecule has 0 bridgehead atoms. The van der Waals surface area contributed by atoms with E-state index in [-0.39, 0.29) is 12.3 Å². The van der Waals surface area contributed by atoms with Gasteiger partial charge < -0.3 is 4.90 Å². The van der Waals surface area contributed by atoms with Crippen LogP contribution >= 0.6 is 0 Å². The Kier molecular flexibility index (Phi) is 4.40. The Morgan fingerprint density at radius 3 is 2.71 bits per heavy atom. The third kappa shape index (κ3) is 3.25. The second-order valence-electron chi connectivity index (χ2n) is 7.55. The van der Waals surface area contributed by atoms with Crippen LogP contribution in [0.1, 0.15) is 34.3 Å². The maximum absolute atomic E-state index is 13.9. The molecular formula is C21H22F2N4O. The van der Waals surface area contributed by atoms with Crippen molar-refractivity contribution in [1.82, 2.24) is 19.7 Å². The zero-order valence-corrected chi connectivity index (χ0v) is 16.2. The number of halogens is 2. The lowest BCUT2D eigenvalue weighted by molar-refractivity contribution is -0.0560. The summed E-state index contributed by atoms with van der Waals surface area (Å²) in [6, 6.07) is 5.49. The Labute approximate surface area is 162 Å². The second kappa shape index (κ2) is 6.65. The van der Waals surface area contributed by atoms with Gasteiger partial charge in [0.1, 0.15) is 0 Å².